The van der Waals surface area contributed by atoms with Gasteiger partial charge in [-0.15, -0.1) is 0 Å². The van der Waals surface area contributed by atoms with E-state index < -0.39 is 23.8 Å². The molecule has 192 valence electrons. The minimum atomic E-state index is -0.797. The predicted molar refractivity (Wildman–Crippen MR) is 136 cm³/mol. The van der Waals surface area contributed by atoms with Crippen molar-refractivity contribution in [2.45, 2.75) is 98.8 Å². The molecule has 1 aromatic rings. The van der Waals surface area contributed by atoms with Gasteiger partial charge in [-0.05, 0) is 64.5 Å². The zero-order valence-electron chi connectivity index (χ0n) is 22.4. The quantitative estimate of drug-likeness (QED) is 0.410. The summed E-state index contributed by atoms with van der Waals surface area (Å²) in [5.74, 6) is -0.345. The Labute approximate surface area is 206 Å². The van der Waals surface area contributed by atoms with Crippen molar-refractivity contribution in [3.05, 3.63) is 35.4 Å². The second kappa shape index (κ2) is 14.0. The molecule has 1 aromatic carbocycles. The highest BCUT2D eigenvalue weighted by atomic mass is 16.6. The third-order valence-electron chi connectivity index (χ3n) is 5.44. The summed E-state index contributed by atoms with van der Waals surface area (Å²) in [6.07, 6.45) is 2.77. The summed E-state index contributed by atoms with van der Waals surface area (Å²) in [5, 5.41) is 5.77. The maximum Gasteiger partial charge on any atom is 0.408 e. The van der Waals surface area contributed by atoms with Crippen LogP contribution in [0.5, 0.6) is 0 Å². The van der Waals surface area contributed by atoms with Crippen LogP contribution < -0.4 is 10.6 Å². The summed E-state index contributed by atoms with van der Waals surface area (Å²) in [7, 11) is 0. The Kier molecular flexibility index (Phi) is 12.1. The average Bonchev–Trinajstić information content (AvgIpc) is 2.73. The van der Waals surface area contributed by atoms with Gasteiger partial charge in [0.05, 0.1) is 0 Å². The predicted octanol–water partition coefficient (Wildman–Crippen LogP) is 5.13. The fourth-order valence-electron chi connectivity index (χ4n) is 3.84. The molecule has 0 saturated carbocycles. The van der Waals surface area contributed by atoms with E-state index >= 15 is 0 Å². The van der Waals surface area contributed by atoms with E-state index in [1.807, 2.05) is 52.0 Å². The molecule has 2 N–H and O–H groups in total. The third kappa shape index (κ3) is 9.74. The molecule has 2 unspecified atom stereocenters. The van der Waals surface area contributed by atoms with Crippen LogP contribution in [-0.4, -0.2) is 47.5 Å². The Morgan fingerprint density at radius 3 is 2.24 bits per heavy atom. The van der Waals surface area contributed by atoms with Crippen LogP contribution in [0.4, 0.5) is 4.79 Å². The summed E-state index contributed by atoms with van der Waals surface area (Å²) in [6, 6.07) is 6.04. The lowest BCUT2D eigenvalue weighted by atomic mass is 9.96. The lowest BCUT2D eigenvalue weighted by Crippen LogP contribution is -2.53. The molecule has 7 heteroatoms. The van der Waals surface area contributed by atoms with E-state index in [9.17, 15) is 14.4 Å². The number of ether oxygens (including phenoxy) is 1. The number of amides is 3. The molecule has 0 heterocycles. The highest BCUT2D eigenvalue weighted by Gasteiger charge is 2.36. The van der Waals surface area contributed by atoms with Gasteiger partial charge in [0.15, 0.2) is 0 Å². The highest BCUT2D eigenvalue weighted by molar-refractivity contribution is 5.92. The van der Waals surface area contributed by atoms with E-state index in [-0.39, 0.29) is 17.7 Å². The molecule has 0 bridgehead atoms. The van der Waals surface area contributed by atoms with E-state index in [1.54, 1.807) is 25.7 Å². The monoisotopic (exact) mass is 475 g/mol. The molecule has 0 aromatic heterocycles. The molecule has 0 spiro atoms. The Morgan fingerprint density at radius 1 is 1.06 bits per heavy atom. The van der Waals surface area contributed by atoms with Gasteiger partial charge in [0, 0.05) is 13.1 Å². The van der Waals surface area contributed by atoms with E-state index in [4.69, 9.17) is 4.74 Å². The molecule has 2 atom stereocenters. The molecule has 3 amide bonds. The number of hydrogen-bond donors (Lipinski definition) is 2. The number of unbranched alkanes of at least 4 members (excludes halogenated alkanes) is 2. The SMILES string of the molecule is CCCCCNC(=O)C(c1ccccc1C)N(CC)C(=O)C(CC(C)C)NC(=O)OC(C)(C)C. The molecule has 34 heavy (non-hydrogen) atoms. The maximum absolute atomic E-state index is 13.8. The molecule has 0 fully saturated rings. The first-order valence-electron chi connectivity index (χ1n) is 12.5. The summed E-state index contributed by atoms with van der Waals surface area (Å²) >= 11 is 0. The van der Waals surface area contributed by atoms with Crippen LogP contribution in [0, 0.1) is 12.8 Å². The Morgan fingerprint density at radius 2 is 1.71 bits per heavy atom. The van der Waals surface area contributed by atoms with Crippen LogP contribution in [0.2, 0.25) is 0 Å². The van der Waals surface area contributed by atoms with Gasteiger partial charge in [0.2, 0.25) is 11.8 Å². The summed E-state index contributed by atoms with van der Waals surface area (Å²) in [4.78, 5) is 41.3. The number of aryl methyl sites for hydroxylation is 1. The number of nitrogens with zero attached hydrogens (tertiary/aromatic N) is 1. The number of rotatable bonds is 12. The van der Waals surface area contributed by atoms with Crippen molar-refractivity contribution < 1.29 is 19.1 Å². The summed E-state index contributed by atoms with van der Waals surface area (Å²) in [6.45, 7) is 16.1. The smallest absolute Gasteiger partial charge is 0.408 e. The molecular weight excluding hydrogens is 430 g/mol. The van der Waals surface area contributed by atoms with Crippen molar-refractivity contribution in [1.29, 1.82) is 0 Å². The Hall–Kier alpha value is -2.57. The van der Waals surface area contributed by atoms with E-state index in [0.29, 0.717) is 19.5 Å². The zero-order valence-corrected chi connectivity index (χ0v) is 22.4. The Balaban J connectivity index is 3.28. The van der Waals surface area contributed by atoms with Crippen LogP contribution in [0.25, 0.3) is 0 Å². The van der Waals surface area contributed by atoms with Gasteiger partial charge in [-0.25, -0.2) is 4.79 Å². The summed E-state index contributed by atoms with van der Waals surface area (Å²) in [5.41, 5.74) is 1.04. The number of benzene rings is 1. The number of likely N-dealkylation sites (N-methyl/N-ethyl adjacent to an activating group) is 1. The van der Waals surface area contributed by atoms with Crippen molar-refractivity contribution in [1.82, 2.24) is 15.5 Å². The third-order valence-corrected chi connectivity index (χ3v) is 5.44. The van der Waals surface area contributed by atoms with Crippen molar-refractivity contribution in [2.75, 3.05) is 13.1 Å². The van der Waals surface area contributed by atoms with Gasteiger partial charge in [-0.1, -0.05) is 57.9 Å². The van der Waals surface area contributed by atoms with Gasteiger partial charge >= 0.3 is 6.09 Å². The van der Waals surface area contributed by atoms with Crippen LogP contribution in [0.3, 0.4) is 0 Å². The fraction of sp³-hybridized carbons (Fsp3) is 0.667. The van der Waals surface area contributed by atoms with Crippen LogP contribution in [0.1, 0.15) is 91.3 Å². The van der Waals surface area contributed by atoms with Gasteiger partial charge in [-0.2, -0.15) is 0 Å². The molecule has 0 radical (unpaired) electrons. The largest absolute Gasteiger partial charge is 0.444 e. The minimum absolute atomic E-state index is 0.155. The van der Waals surface area contributed by atoms with Crippen molar-refractivity contribution in [3.8, 4) is 0 Å². The number of carbonyl (C=O) groups excluding carboxylic acids is 3. The molecular formula is C27H45N3O4. The molecule has 1 rings (SSSR count). The zero-order chi connectivity index (χ0) is 25.9. The van der Waals surface area contributed by atoms with Gasteiger partial charge in [0.1, 0.15) is 17.7 Å². The lowest BCUT2D eigenvalue weighted by molar-refractivity contribution is -0.142. The normalized spacial score (nSPS) is 13.2. The second-order valence-corrected chi connectivity index (χ2v) is 10.2. The van der Waals surface area contributed by atoms with Gasteiger partial charge in [-0.3, -0.25) is 9.59 Å². The van der Waals surface area contributed by atoms with Crippen molar-refractivity contribution in [2.24, 2.45) is 5.92 Å². The highest BCUT2D eigenvalue weighted by Crippen LogP contribution is 2.26. The van der Waals surface area contributed by atoms with E-state index in [2.05, 4.69) is 17.6 Å². The van der Waals surface area contributed by atoms with Crippen molar-refractivity contribution >= 4 is 17.9 Å². The van der Waals surface area contributed by atoms with Crippen LogP contribution in [-0.2, 0) is 14.3 Å². The van der Waals surface area contributed by atoms with Crippen molar-refractivity contribution in [3.63, 3.8) is 0 Å². The molecule has 0 aliphatic heterocycles. The topological polar surface area (TPSA) is 87.7 Å². The lowest BCUT2D eigenvalue weighted by Gasteiger charge is -2.34. The first-order valence-corrected chi connectivity index (χ1v) is 12.5. The van der Waals surface area contributed by atoms with Gasteiger partial charge in [0.25, 0.3) is 0 Å². The second-order valence-electron chi connectivity index (χ2n) is 10.2. The van der Waals surface area contributed by atoms with E-state index in [0.717, 1.165) is 30.4 Å². The molecule has 0 aliphatic carbocycles. The van der Waals surface area contributed by atoms with Gasteiger partial charge < -0.3 is 20.3 Å². The van der Waals surface area contributed by atoms with Crippen LogP contribution >= 0.6 is 0 Å². The number of hydrogen-bond acceptors (Lipinski definition) is 4. The molecule has 0 saturated heterocycles. The molecule has 7 nitrogen and oxygen atoms in total. The standard InChI is InChI=1S/C27H45N3O4/c1-9-11-14-17-28-24(31)23(21-16-13-12-15-20(21)5)30(10-2)25(32)22(18-19(3)4)29-26(33)34-27(6,7)8/h12-13,15-16,19,22-23H,9-11,14,17-18H2,1-8H3,(H,28,31)(H,29,33). The molecule has 0 aliphatic rings. The first kappa shape index (κ1) is 29.5. The average molecular weight is 476 g/mol. The minimum Gasteiger partial charge on any atom is -0.444 e. The fourth-order valence-corrected chi connectivity index (χ4v) is 3.84. The first-order chi connectivity index (χ1) is 15.9. The maximum atomic E-state index is 13.8. The summed E-state index contributed by atoms with van der Waals surface area (Å²) < 4.78 is 5.40. The van der Waals surface area contributed by atoms with E-state index in [1.165, 1.54) is 0 Å². The Bertz CT molecular complexity index is 801. The number of alkyl carbamates (subject to hydrolysis) is 1. The number of carbonyl (C=O) groups is 3. The number of nitrogens with one attached hydrogen (secondary N) is 2. The van der Waals surface area contributed by atoms with Crippen LogP contribution in [0.15, 0.2) is 24.3 Å².